The highest BCUT2D eigenvalue weighted by Crippen LogP contribution is 2.31. The number of rotatable bonds is 8. The van der Waals surface area contributed by atoms with Crippen molar-refractivity contribution in [1.82, 2.24) is 5.32 Å². The fourth-order valence-electron chi connectivity index (χ4n) is 2.74. The smallest absolute Gasteiger partial charge is 0.0425 e. The van der Waals surface area contributed by atoms with Gasteiger partial charge in [-0.15, -0.1) is 0 Å². The number of nitrogens with zero attached hydrogens (tertiary/aromatic N) is 1. The zero-order valence-corrected chi connectivity index (χ0v) is 16.0. The molecule has 0 aliphatic carbocycles. The summed E-state index contributed by atoms with van der Waals surface area (Å²) in [6.07, 6.45) is 2.37. The molecule has 2 unspecified atom stereocenters. The molecule has 1 aromatic carbocycles. The molecular weight excluding hydrogens is 324 g/mol. The quantitative estimate of drug-likeness (QED) is 0.673. The van der Waals surface area contributed by atoms with Crippen LogP contribution in [0.4, 0.5) is 5.69 Å². The molecule has 0 spiro atoms. The van der Waals surface area contributed by atoms with Crippen molar-refractivity contribution in [2.75, 3.05) is 18.5 Å². The lowest BCUT2D eigenvalue weighted by molar-refractivity contribution is 0.501. The van der Waals surface area contributed by atoms with Gasteiger partial charge in [-0.2, -0.15) is 0 Å². The molecule has 0 saturated heterocycles. The number of benzene rings is 1. The molecule has 1 aromatic rings. The topological polar surface area (TPSA) is 15.3 Å². The SMILES string of the molecule is CCCNC(C)c1ccc(Br)cc1N(C)C(C)CC(C)C. The van der Waals surface area contributed by atoms with E-state index in [0.29, 0.717) is 18.0 Å². The fraction of sp³-hybridized carbons (Fsp3) is 0.667. The van der Waals surface area contributed by atoms with E-state index in [1.165, 1.54) is 17.7 Å². The molecule has 1 rings (SSSR count). The van der Waals surface area contributed by atoms with E-state index >= 15 is 0 Å². The summed E-state index contributed by atoms with van der Waals surface area (Å²) in [5, 5.41) is 3.60. The summed E-state index contributed by atoms with van der Waals surface area (Å²) < 4.78 is 1.15. The van der Waals surface area contributed by atoms with Gasteiger partial charge in [0.1, 0.15) is 0 Å². The zero-order chi connectivity index (χ0) is 16.0. The Morgan fingerprint density at radius 3 is 2.43 bits per heavy atom. The van der Waals surface area contributed by atoms with Crippen LogP contribution in [-0.4, -0.2) is 19.6 Å². The second-order valence-electron chi connectivity index (χ2n) is 6.47. The lowest BCUT2D eigenvalue weighted by Crippen LogP contribution is -2.32. The highest BCUT2D eigenvalue weighted by Gasteiger charge is 2.18. The average Bonchev–Trinajstić information content (AvgIpc) is 2.43. The molecule has 0 aromatic heterocycles. The van der Waals surface area contributed by atoms with Gasteiger partial charge >= 0.3 is 0 Å². The molecular formula is C18H31BrN2. The number of halogens is 1. The predicted octanol–water partition coefficient (Wildman–Crippen LogP) is 5.38. The summed E-state index contributed by atoms with van der Waals surface area (Å²) in [7, 11) is 2.21. The maximum Gasteiger partial charge on any atom is 0.0425 e. The molecule has 2 atom stereocenters. The number of anilines is 1. The van der Waals surface area contributed by atoms with Gasteiger partial charge in [-0.1, -0.05) is 42.8 Å². The minimum Gasteiger partial charge on any atom is -0.372 e. The van der Waals surface area contributed by atoms with E-state index in [9.17, 15) is 0 Å². The minimum absolute atomic E-state index is 0.377. The van der Waals surface area contributed by atoms with Crippen molar-refractivity contribution in [3.8, 4) is 0 Å². The Hall–Kier alpha value is -0.540. The molecule has 3 heteroatoms. The lowest BCUT2D eigenvalue weighted by Gasteiger charge is -2.32. The Kier molecular flexibility index (Phi) is 7.75. The second-order valence-corrected chi connectivity index (χ2v) is 7.38. The number of nitrogens with one attached hydrogen (secondary N) is 1. The maximum atomic E-state index is 3.62. The first-order chi connectivity index (χ1) is 9.86. The highest BCUT2D eigenvalue weighted by atomic mass is 79.9. The summed E-state index contributed by atoms with van der Waals surface area (Å²) in [5.74, 6) is 0.716. The Labute approximate surface area is 139 Å². The Morgan fingerprint density at radius 1 is 1.19 bits per heavy atom. The van der Waals surface area contributed by atoms with Gasteiger partial charge in [0.15, 0.2) is 0 Å². The summed E-state index contributed by atoms with van der Waals surface area (Å²) >= 11 is 3.62. The van der Waals surface area contributed by atoms with Crippen LogP contribution in [0.5, 0.6) is 0 Å². The average molecular weight is 355 g/mol. The summed E-state index contributed by atoms with van der Waals surface area (Å²) in [6.45, 7) is 12.4. The predicted molar refractivity (Wildman–Crippen MR) is 98.2 cm³/mol. The largest absolute Gasteiger partial charge is 0.372 e. The van der Waals surface area contributed by atoms with E-state index in [1.54, 1.807) is 0 Å². The third-order valence-corrected chi connectivity index (χ3v) is 4.51. The molecule has 0 amide bonds. The maximum absolute atomic E-state index is 3.62. The van der Waals surface area contributed by atoms with Gasteiger partial charge in [0, 0.05) is 29.3 Å². The van der Waals surface area contributed by atoms with Gasteiger partial charge < -0.3 is 10.2 Å². The molecule has 2 nitrogen and oxygen atoms in total. The van der Waals surface area contributed by atoms with Crippen molar-refractivity contribution in [1.29, 1.82) is 0 Å². The molecule has 0 saturated carbocycles. The van der Waals surface area contributed by atoms with Crippen LogP contribution in [0.3, 0.4) is 0 Å². The van der Waals surface area contributed by atoms with Crippen LogP contribution < -0.4 is 10.2 Å². The Morgan fingerprint density at radius 2 is 1.86 bits per heavy atom. The molecule has 0 aliphatic heterocycles. The van der Waals surface area contributed by atoms with E-state index < -0.39 is 0 Å². The van der Waals surface area contributed by atoms with Crippen molar-refractivity contribution in [3.05, 3.63) is 28.2 Å². The standard InChI is InChI=1S/C18H31BrN2/c1-7-10-20-15(5)17-9-8-16(19)12-18(17)21(6)14(4)11-13(2)3/h8-9,12-15,20H,7,10-11H2,1-6H3. The van der Waals surface area contributed by atoms with Gasteiger partial charge in [-0.05, 0) is 56.8 Å². The molecule has 0 bridgehead atoms. The highest BCUT2D eigenvalue weighted by molar-refractivity contribution is 9.10. The lowest BCUT2D eigenvalue weighted by atomic mass is 10.0. The van der Waals surface area contributed by atoms with Crippen LogP contribution in [0.25, 0.3) is 0 Å². The van der Waals surface area contributed by atoms with Crippen molar-refractivity contribution < 1.29 is 0 Å². The van der Waals surface area contributed by atoms with Gasteiger partial charge in [-0.25, -0.2) is 0 Å². The van der Waals surface area contributed by atoms with Crippen LogP contribution in [0, 0.1) is 5.92 Å². The summed E-state index contributed by atoms with van der Waals surface area (Å²) in [6, 6.07) is 7.55. The first kappa shape index (κ1) is 18.5. The monoisotopic (exact) mass is 354 g/mol. The van der Waals surface area contributed by atoms with Gasteiger partial charge in [0.25, 0.3) is 0 Å². The number of hydrogen-bond donors (Lipinski definition) is 1. The van der Waals surface area contributed by atoms with E-state index in [-0.39, 0.29) is 0 Å². The molecule has 0 radical (unpaired) electrons. The van der Waals surface area contributed by atoms with Crippen LogP contribution in [0.2, 0.25) is 0 Å². The van der Waals surface area contributed by atoms with Crippen LogP contribution in [0.1, 0.15) is 59.1 Å². The molecule has 0 fully saturated rings. The molecule has 0 aliphatic rings. The van der Waals surface area contributed by atoms with Crippen LogP contribution >= 0.6 is 15.9 Å². The van der Waals surface area contributed by atoms with Crippen molar-refractivity contribution in [3.63, 3.8) is 0 Å². The Balaban J connectivity index is 3.00. The van der Waals surface area contributed by atoms with Gasteiger partial charge in [0.05, 0.1) is 0 Å². The fourth-order valence-corrected chi connectivity index (χ4v) is 3.09. The first-order valence-corrected chi connectivity index (χ1v) is 8.91. The molecule has 21 heavy (non-hydrogen) atoms. The first-order valence-electron chi connectivity index (χ1n) is 8.12. The summed E-state index contributed by atoms with van der Waals surface area (Å²) in [5.41, 5.74) is 2.71. The van der Waals surface area contributed by atoms with E-state index in [2.05, 4.69) is 86.0 Å². The van der Waals surface area contributed by atoms with E-state index in [4.69, 9.17) is 0 Å². The second kappa shape index (κ2) is 8.79. The van der Waals surface area contributed by atoms with Gasteiger partial charge in [0.2, 0.25) is 0 Å². The van der Waals surface area contributed by atoms with Crippen LogP contribution in [-0.2, 0) is 0 Å². The van der Waals surface area contributed by atoms with E-state index in [1.807, 2.05) is 0 Å². The minimum atomic E-state index is 0.377. The molecule has 120 valence electrons. The normalized spacial score (nSPS) is 14.3. The molecule has 0 heterocycles. The number of hydrogen-bond acceptors (Lipinski definition) is 2. The van der Waals surface area contributed by atoms with Crippen LogP contribution in [0.15, 0.2) is 22.7 Å². The van der Waals surface area contributed by atoms with E-state index in [0.717, 1.165) is 17.4 Å². The summed E-state index contributed by atoms with van der Waals surface area (Å²) in [4.78, 5) is 2.42. The van der Waals surface area contributed by atoms with Crippen molar-refractivity contribution >= 4 is 21.6 Å². The Bertz CT molecular complexity index is 431. The third kappa shape index (κ3) is 5.63. The zero-order valence-electron chi connectivity index (χ0n) is 14.4. The van der Waals surface area contributed by atoms with Crippen molar-refractivity contribution in [2.24, 2.45) is 5.92 Å². The third-order valence-electron chi connectivity index (χ3n) is 4.01. The van der Waals surface area contributed by atoms with Gasteiger partial charge in [-0.3, -0.25) is 0 Å². The molecule has 1 N–H and O–H groups in total. The van der Waals surface area contributed by atoms with Crippen molar-refractivity contribution in [2.45, 2.75) is 59.5 Å².